The predicted octanol–water partition coefficient (Wildman–Crippen LogP) is 3.89. The third-order valence-electron chi connectivity index (χ3n) is 6.78. The number of aromatic nitrogens is 4. The highest BCUT2D eigenvalue weighted by atomic mass is 19.1. The van der Waals surface area contributed by atoms with Crippen LogP contribution in [0.1, 0.15) is 44.6 Å². The van der Waals surface area contributed by atoms with Gasteiger partial charge < -0.3 is 14.4 Å². The molecule has 1 fully saturated rings. The molecule has 0 saturated carbocycles. The van der Waals surface area contributed by atoms with Crippen LogP contribution in [0.5, 0.6) is 11.5 Å². The molecule has 0 unspecified atom stereocenters. The average Bonchev–Trinajstić information content (AvgIpc) is 3.36. The highest BCUT2D eigenvalue weighted by Gasteiger charge is 2.35. The number of nitrogens with zero attached hydrogens (tertiary/aromatic N) is 6. The zero-order valence-electron chi connectivity index (χ0n) is 20.5. The van der Waals surface area contributed by atoms with E-state index in [1.165, 1.54) is 12.1 Å². The summed E-state index contributed by atoms with van der Waals surface area (Å²) in [6.07, 6.45) is 0.885. The number of halogens is 1. The largest absolute Gasteiger partial charge is 0.497 e. The molecule has 182 valence electrons. The van der Waals surface area contributed by atoms with Crippen molar-refractivity contribution in [3.8, 4) is 11.5 Å². The Morgan fingerprint density at radius 1 is 1.00 bits per heavy atom. The average molecular weight is 469 g/mol. The first-order chi connectivity index (χ1) is 16.4. The van der Waals surface area contributed by atoms with Crippen LogP contribution >= 0.6 is 0 Å². The van der Waals surface area contributed by atoms with Crippen LogP contribution in [-0.4, -0.2) is 65.5 Å². The fourth-order valence-corrected chi connectivity index (χ4v) is 4.38. The molecule has 2 heterocycles. The van der Waals surface area contributed by atoms with E-state index in [2.05, 4.69) is 46.1 Å². The Morgan fingerprint density at radius 3 is 2.32 bits per heavy atom. The molecule has 3 aromatic rings. The summed E-state index contributed by atoms with van der Waals surface area (Å²) in [6.45, 7) is 9.60. The van der Waals surface area contributed by atoms with Crippen molar-refractivity contribution >= 4 is 5.69 Å². The molecule has 2 aromatic carbocycles. The molecule has 0 spiro atoms. The van der Waals surface area contributed by atoms with Crippen LogP contribution < -0.4 is 14.4 Å². The van der Waals surface area contributed by atoms with Gasteiger partial charge in [-0.1, -0.05) is 6.92 Å². The van der Waals surface area contributed by atoms with Crippen LogP contribution in [0.25, 0.3) is 0 Å². The van der Waals surface area contributed by atoms with Gasteiger partial charge in [0.2, 0.25) is 0 Å². The molecule has 1 aliphatic heterocycles. The van der Waals surface area contributed by atoms with E-state index in [9.17, 15) is 4.39 Å². The van der Waals surface area contributed by atoms with Crippen LogP contribution in [0.15, 0.2) is 42.5 Å². The second-order valence-electron chi connectivity index (χ2n) is 9.12. The molecule has 0 radical (unpaired) electrons. The number of hydrogen-bond donors (Lipinski definition) is 0. The Morgan fingerprint density at radius 2 is 1.71 bits per heavy atom. The summed E-state index contributed by atoms with van der Waals surface area (Å²) in [7, 11) is 3.31. The van der Waals surface area contributed by atoms with Gasteiger partial charge in [0.1, 0.15) is 23.4 Å². The number of anilines is 1. The van der Waals surface area contributed by atoms with E-state index in [1.807, 2.05) is 35.0 Å². The molecule has 9 heteroatoms. The minimum atomic E-state index is -0.243. The van der Waals surface area contributed by atoms with Gasteiger partial charge in [0.15, 0.2) is 5.82 Å². The summed E-state index contributed by atoms with van der Waals surface area (Å²) in [5.74, 6) is 2.02. The van der Waals surface area contributed by atoms with Gasteiger partial charge >= 0.3 is 0 Å². The number of piperazine rings is 1. The monoisotopic (exact) mass is 468 g/mol. The molecule has 1 atom stereocenters. The summed E-state index contributed by atoms with van der Waals surface area (Å²) >= 11 is 0. The van der Waals surface area contributed by atoms with E-state index in [1.54, 1.807) is 14.2 Å². The van der Waals surface area contributed by atoms with E-state index in [4.69, 9.17) is 9.47 Å². The van der Waals surface area contributed by atoms with Gasteiger partial charge in [-0.3, -0.25) is 4.90 Å². The van der Waals surface area contributed by atoms with E-state index in [-0.39, 0.29) is 17.4 Å². The zero-order valence-corrected chi connectivity index (χ0v) is 20.5. The van der Waals surface area contributed by atoms with Gasteiger partial charge in [-0.15, -0.1) is 5.10 Å². The highest BCUT2D eigenvalue weighted by molar-refractivity contribution is 5.47. The Kier molecular flexibility index (Phi) is 7.02. The highest BCUT2D eigenvalue weighted by Crippen LogP contribution is 2.38. The van der Waals surface area contributed by atoms with E-state index >= 15 is 0 Å². The van der Waals surface area contributed by atoms with Crippen molar-refractivity contribution in [2.75, 3.05) is 45.3 Å². The maximum atomic E-state index is 13.4. The molecule has 0 bridgehead atoms. The van der Waals surface area contributed by atoms with Crippen molar-refractivity contribution in [3.63, 3.8) is 0 Å². The van der Waals surface area contributed by atoms with Gasteiger partial charge in [0.25, 0.3) is 0 Å². The Balaban J connectivity index is 1.70. The minimum absolute atomic E-state index is 0.197. The second-order valence-corrected chi connectivity index (χ2v) is 9.12. The summed E-state index contributed by atoms with van der Waals surface area (Å²) in [4.78, 5) is 4.66. The van der Waals surface area contributed by atoms with Crippen molar-refractivity contribution in [2.24, 2.45) is 0 Å². The van der Waals surface area contributed by atoms with Crippen molar-refractivity contribution in [2.45, 2.75) is 38.8 Å². The van der Waals surface area contributed by atoms with Gasteiger partial charge in [-0.25, -0.2) is 9.07 Å². The van der Waals surface area contributed by atoms with Crippen LogP contribution in [0.4, 0.5) is 10.1 Å². The van der Waals surface area contributed by atoms with E-state index in [0.717, 1.165) is 61.2 Å². The summed E-state index contributed by atoms with van der Waals surface area (Å²) in [5.41, 5.74) is 1.77. The SMILES string of the molecule is CCC(C)(C)n1nnnc1[C@@H](c1ccc(OC)cc1OC)N1CCN(c2ccc(F)cc2)CC1. The molecule has 1 aromatic heterocycles. The third-order valence-corrected chi connectivity index (χ3v) is 6.78. The summed E-state index contributed by atoms with van der Waals surface area (Å²) in [6, 6.07) is 12.4. The van der Waals surface area contributed by atoms with E-state index in [0.29, 0.717) is 0 Å². The molecule has 34 heavy (non-hydrogen) atoms. The molecular weight excluding hydrogens is 435 g/mol. The van der Waals surface area contributed by atoms with Gasteiger partial charge in [-0.05, 0) is 67.1 Å². The van der Waals surface area contributed by atoms with Crippen molar-refractivity contribution in [3.05, 3.63) is 59.7 Å². The van der Waals surface area contributed by atoms with Crippen LogP contribution in [0.3, 0.4) is 0 Å². The van der Waals surface area contributed by atoms with Crippen LogP contribution in [-0.2, 0) is 5.54 Å². The first-order valence-electron chi connectivity index (χ1n) is 11.6. The van der Waals surface area contributed by atoms with Gasteiger partial charge in [-0.2, -0.15) is 0 Å². The van der Waals surface area contributed by atoms with Crippen molar-refractivity contribution < 1.29 is 13.9 Å². The molecule has 4 rings (SSSR count). The third kappa shape index (κ3) is 4.70. The predicted molar refractivity (Wildman–Crippen MR) is 129 cm³/mol. The number of ether oxygens (including phenoxy) is 2. The van der Waals surface area contributed by atoms with Gasteiger partial charge in [0.05, 0.1) is 19.8 Å². The lowest BCUT2D eigenvalue weighted by Gasteiger charge is -2.40. The fraction of sp³-hybridized carbons (Fsp3) is 0.480. The second kappa shape index (κ2) is 9.97. The number of hydrogen-bond acceptors (Lipinski definition) is 7. The summed E-state index contributed by atoms with van der Waals surface area (Å²) in [5, 5.41) is 12.9. The fourth-order valence-electron chi connectivity index (χ4n) is 4.38. The number of methoxy groups -OCH3 is 2. The zero-order chi connectivity index (χ0) is 24.3. The normalized spacial score (nSPS) is 15.9. The quantitative estimate of drug-likeness (QED) is 0.497. The van der Waals surface area contributed by atoms with Gasteiger partial charge in [0, 0.05) is 43.5 Å². The Bertz CT molecular complexity index is 1090. The maximum absolute atomic E-state index is 13.4. The van der Waals surface area contributed by atoms with Crippen LogP contribution in [0.2, 0.25) is 0 Å². The van der Waals surface area contributed by atoms with Crippen LogP contribution in [0, 0.1) is 5.82 Å². The lowest BCUT2D eigenvalue weighted by atomic mass is 9.98. The minimum Gasteiger partial charge on any atom is -0.497 e. The summed E-state index contributed by atoms with van der Waals surface area (Å²) < 4.78 is 26.5. The number of benzene rings is 2. The first-order valence-corrected chi connectivity index (χ1v) is 11.6. The number of tetrazole rings is 1. The molecule has 1 saturated heterocycles. The van der Waals surface area contributed by atoms with E-state index < -0.39 is 0 Å². The molecule has 0 aliphatic carbocycles. The Labute approximate surface area is 200 Å². The maximum Gasteiger partial charge on any atom is 0.173 e. The van der Waals surface area contributed by atoms with Crippen molar-refractivity contribution in [1.82, 2.24) is 25.1 Å². The lowest BCUT2D eigenvalue weighted by molar-refractivity contribution is 0.184. The Hall–Kier alpha value is -3.20. The topological polar surface area (TPSA) is 68.5 Å². The van der Waals surface area contributed by atoms with Crippen molar-refractivity contribution in [1.29, 1.82) is 0 Å². The molecular formula is C25H33FN6O2. The molecule has 0 N–H and O–H groups in total. The lowest BCUT2D eigenvalue weighted by Crippen LogP contribution is -2.49. The molecule has 0 amide bonds. The standard InChI is InChI=1S/C25H33FN6O2/c1-6-25(2,3)32-24(27-28-29-32)23(21-12-11-20(33-4)17-22(21)34-5)31-15-13-30(14-16-31)19-9-7-18(26)8-10-19/h7-12,17,23H,6,13-16H2,1-5H3/t23-/m1/s1. The first kappa shape index (κ1) is 23.9. The molecule has 1 aliphatic rings. The smallest absolute Gasteiger partial charge is 0.173 e. The molecule has 8 nitrogen and oxygen atoms in total. The number of rotatable bonds is 8.